The lowest BCUT2D eigenvalue weighted by molar-refractivity contribution is 0.804. The van der Waals surface area contributed by atoms with E-state index in [4.69, 9.17) is 11.6 Å². The molecule has 0 saturated heterocycles. The Morgan fingerprint density at radius 1 is 1.40 bits per heavy atom. The molecule has 0 aliphatic rings. The SMILES string of the molecule is CC(Nc1ncccc1Cl)c1ncc[nH]1. The second-order valence-corrected chi connectivity index (χ2v) is 3.58. The molecule has 0 bridgehead atoms. The Kier molecular flexibility index (Phi) is 2.87. The first-order chi connectivity index (χ1) is 7.27. The lowest BCUT2D eigenvalue weighted by Gasteiger charge is -2.12. The number of aromatic amines is 1. The molecule has 78 valence electrons. The smallest absolute Gasteiger partial charge is 0.145 e. The van der Waals surface area contributed by atoms with E-state index in [1.165, 1.54) is 0 Å². The molecule has 0 radical (unpaired) electrons. The fraction of sp³-hybridized carbons (Fsp3) is 0.200. The van der Waals surface area contributed by atoms with E-state index in [0.29, 0.717) is 10.8 Å². The lowest BCUT2D eigenvalue weighted by atomic mass is 10.3. The van der Waals surface area contributed by atoms with Crippen LogP contribution in [0.4, 0.5) is 5.82 Å². The number of hydrogen-bond acceptors (Lipinski definition) is 3. The highest BCUT2D eigenvalue weighted by atomic mass is 35.5. The van der Waals surface area contributed by atoms with Crippen LogP contribution in [0.25, 0.3) is 0 Å². The molecule has 0 fully saturated rings. The average molecular weight is 223 g/mol. The fourth-order valence-electron chi connectivity index (χ4n) is 1.28. The Morgan fingerprint density at radius 3 is 2.93 bits per heavy atom. The molecule has 4 nitrogen and oxygen atoms in total. The van der Waals surface area contributed by atoms with Gasteiger partial charge in [0.2, 0.25) is 0 Å². The summed E-state index contributed by atoms with van der Waals surface area (Å²) in [6.07, 6.45) is 5.20. The third-order valence-corrected chi connectivity index (χ3v) is 2.35. The number of halogens is 1. The molecule has 1 unspecified atom stereocenters. The van der Waals surface area contributed by atoms with Gasteiger partial charge in [0.05, 0.1) is 11.1 Å². The standard InChI is InChI=1S/C10H11ClN4/c1-7(9-13-5-6-14-9)15-10-8(11)3-2-4-12-10/h2-7H,1H3,(H,12,15)(H,13,14). The van der Waals surface area contributed by atoms with Crippen LogP contribution in [-0.2, 0) is 0 Å². The van der Waals surface area contributed by atoms with E-state index in [9.17, 15) is 0 Å². The topological polar surface area (TPSA) is 53.6 Å². The fourth-order valence-corrected chi connectivity index (χ4v) is 1.46. The van der Waals surface area contributed by atoms with Gasteiger partial charge in [-0.15, -0.1) is 0 Å². The van der Waals surface area contributed by atoms with Crippen LogP contribution in [0.1, 0.15) is 18.8 Å². The van der Waals surface area contributed by atoms with Gasteiger partial charge >= 0.3 is 0 Å². The van der Waals surface area contributed by atoms with Crippen molar-refractivity contribution in [3.63, 3.8) is 0 Å². The third kappa shape index (κ3) is 2.27. The summed E-state index contributed by atoms with van der Waals surface area (Å²) in [6, 6.07) is 3.64. The van der Waals surface area contributed by atoms with Crippen LogP contribution < -0.4 is 5.32 Å². The van der Waals surface area contributed by atoms with E-state index in [2.05, 4.69) is 20.3 Å². The molecule has 2 heterocycles. The highest BCUT2D eigenvalue weighted by molar-refractivity contribution is 6.32. The van der Waals surface area contributed by atoms with Crippen LogP contribution in [-0.4, -0.2) is 15.0 Å². The van der Waals surface area contributed by atoms with E-state index in [1.807, 2.05) is 6.92 Å². The number of nitrogens with one attached hydrogen (secondary N) is 2. The number of nitrogens with zero attached hydrogens (tertiary/aromatic N) is 2. The maximum Gasteiger partial charge on any atom is 0.145 e. The van der Waals surface area contributed by atoms with Crippen LogP contribution in [0, 0.1) is 0 Å². The first kappa shape index (κ1) is 9.98. The molecular formula is C10H11ClN4. The molecule has 2 N–H and O–H groups in total. The van der Waals surface area contributed by atoms with Gasteiger partial charge in [0.15, 0.2) is 0 Å². The molecule has 0 aromatic carbocycles. The molecule has 0 spiro atoms. The van der Waals surface area contributed by atoms with Crippen molar-refractivity contribution in [2.24, 2.45) is 0 Å². The lowest BCUT2D eigenvalue weighted by Crippen LogP contribution is -2.09. The normalized spacial score (nSPS) is 12.4. The predicted molar refractivity (Wildman–Crippen MR) is 59.9 cm³/mol. The van der Waals surface area contributed by atoms with Crippen LogP contribution in [0.2, 0.25) is 5.02 Å². The number of imidazole rings is 1. The predicted octanol–water partition coefficient (Wildman–Crippen LogP) is 2.63. The van der Waals surface area contributed by atoms with E-state index >= 15 is 0 Å². The number of hydrogen-bond donors (Lipinski definition) is 2. The summed E-state index contributed by atoms with van der Waals surface area (Å²) in [6.45, 7) is 1.99. The molecule has 1 atom stereocenters. The van der Waals surface area contributed by atoms with Crippen molar-refractivity contribution in [1.82, 2.24) is 15.0 Å². The monoisotopic (exact) mass is 222 g/mol. The van der Waals surface area contributed by atoms with E-state index in [-0.39, 0.29) is 6.04 Å². The van der Waals surface area contributed by atoms with Crippen molar-refractivity contribution in [3.05, 3.63) is 41.6 Å². The third-order valence-electron chi connectivity index (χ3n) is 2.04. The van der Waals surface area contributed by atoms with Gasteiger partial charge in [-0.3, -0.25) is 0 Å². The van der Waals surface area contributed by atoms with Gasteiger partial charge in [-0.05, 0) is 19.1 Å². The largest absolute Gasteiger partial charge is 0.359 e. The maximum absolute atomic E-state index is 5.97. The molecule has 5 heteroatoms. The average Bonchev–Trinajstić information content (AvgIpc) is 2.74. The van der Waals surface area contributed by atoms with Gasteiger partial charge in [0.25, 0.3) is 0 Å². The van der Waals surface area contributed by atoms with Gasteiger partial charge in [-0.2, -0.15) is 0 Å². The van der Waals surface area contributed by atoms with Gasteiger partial charge in [0, 0.05) is 18.6 Å². The van der Waals surface area contributed by atoms with Crippen molar-refractivity contribution in [3.8, 4) is 0 Å². The summed E-state index contributed by atoms with van der Waals surface area (Å²) in [4.78, 5) is 11.3. The van der Waals surface area contributed by atoms with Crippen LogP contribution in [0.3, 0.4) is 0 Å². The number of pyridine rings is 1. The highest BCUT2D eigenvalue weighted by Gasteiger charge is 2.09. The second kappa shape index (κ2) is 4.31. The summed E-state index contributed by atoms with van der Waals surface area (Å²) in [7, 11) is 0. The summed E-state index contributed by atoms with van der Waals surface area (Å²) in [5.74, 6) is 1.53. The Bertz CT molecular complexity index is 427. The van der Waals surface area contributed by atoms with Gasteiger partial charge in [-0.1, -0.05) is 11.6 Å². The number of aromatic nitrogens is 3. The van der Waals surface area contributed by atoms with Crippen molar-refractivity contribution < 1.29 is 0 Å². The molecule has 2 rings (SSSR count). The van der Waals surface area contributed by atoms with Crippen LogP contribution >= 0.6 is 11.6 Å². The zero-order valence-electron chi connectivity index (χ0n) is 8.24. The first-order valence-electron chi connectivity index (χ1n) is 4.63. The molecule has 2 aromatic heterocycles. The van der Waals surface area contributed by atoms with Gasteiger partial charge in [0.1, 0.15) is 11.6 Å². The van der Waals surface area contributed by atoms with E-state index < -0.39 is 0 Å². The zero-order valence-corrected chi connectivity index (χ0v) is 8.99. The maximum atomic E-state index is 5.97. The van der Waals surface area contributed by atoms with Gasteiger partial charge in [-0.25, -0.2) is 9.97 Å². The zero-order chi connectivity index (χ0) is 10.7. The Labute approximate surface area is 92.7 Å². The summed E-state index contributed by atoms with van der Waals surface area (Å²) in [5.41, 5.74) is 0. The molecule has 0 saturated carbocycles. The number of rotatable bonds is 3. The van der Waals surface area contributed by atoms with Crippen molar-refractivity contribution >= 4 is 17.4 Å². The number of H-pyrrole nitrogens is 1. The summed E-state index contributed by atoms with van der Waals surface area (Å²) >= 11 is 5.97. The quantitative estimate of drug-likeness (QED) is 0.840. The Hall–Kier alpha value is -1.55. The molecule has 0 aliphatic carbocycles. The van der Waals surface area contributed by atoms with Crippen LogP contribution in [0.15, 0.2) is 30.7 Å². The minimum absolute atomic E-state index is 0.0485. The molecule has 15 heavy (non-hydrogen) atoms. The minimum Gasteiger partial charge on any atom is -0.359 e. The molecule has 0 amide bonds. The molecular weight excluding hydrogens is 212 g/mol. The van der Waals surface area contributed by atoms with Crippen LogP contribution in [0.5, 0.6) is 0 Å². The summed E-state index contributed by atoms with van der Waals surface area (Å²) in [5, 5.41) is 3.78. The summed E-state index contributed by atoms with van der Waals surface area (Å²) < 4.78 is 0. The van der Waals surface area contributed by atoms with Crippen molar-refractivity contribution in [2.45, 2.75) is 13.0 Å². The van der Waals surface area contributed by atoms with Crippen molar-refractivity contribution in [2.75, 3.05) is 5.32 Å². The van der Waals surface area contributed by atoms with E-state index in [0.717, 1.165) is 5.82 Å². The molecule has 2 aromatic rings. The Morgan fingerprint density at radius 2 is 2.27 bits per heavy atom. The second-order valence-electron chi connectivity index (χ2n) is 3.17. The highest BCUT2D eigenvalue weighted by Crippen LogP contribution is 2.21. The first-order valence-corrected chi connectivity index (χ1v) is 5.01. The van der Waals surface area contributed by atoms with E-state index in [1.54, 1.807) is 30.7 Å². The van der Waals surface area contributed by atoms with Gasteiger partial charge < -0.3 is 10.3 Å². The number of anilines is 1. The van der Waals surface area contributed by atoms with Crippen molar-refractivity contribution in [1.29, 1.82) is 0 Å². The minimum atomic E-state index is 0.0485. The molecule has 0 aliphatic heterocycles. The Balaban J connectivity index is 2.13.